The second-order valence-electron chi connectivity index (χ2n) is 3.93. The summed E-state index contributed by atoms with van der Waals surface area (Å²) < 4.78 is 39.3. The molecule has 0 bridgehead atoms. The molecule has 0 amide bonds. The van der Waals surface area contributed by atoms with Crippen molar-refractivity contribution >= 4 is 15.9 Å². The molecule has 0 aliphatic carbocycles. The molecule has 0 radical (unpaired) electrons. The first-order valence-electron chi connectivity index (χ1n) is 6.54. The second kappa shape index (κ2) is 3.79. The van der Waals surface area contributed by atoms with Crippen molar-refractivity contribution in [1.29, 1.82) is 0 Å². The zero-order valence-electron chi connectivity index (χ0n) is 13.0. The molecule has 0 fully saturated rings. The van der Waals surface area contributed by atoms with Crippen molar-refractivity contribution in [3.8, 4) is 0 Å². The van der Waals surface area contributed by atoms with Crippen LogP contribution in [0.15, 0.2) is 16.9 Å². The molecule has 0 aromatic carbocycles. The minimum absolute atomic E-state index is 0.0365. The Morgan fingerprint density at radius 3 is 2.85 bits per heavy atom. The first-order valence-corrected chi connectivity index (χ1v) is 4.83. The van der Waals surface area contributed by atoms with E-state index < -0.39 is 18.6 Å². The summed E-state index contributed by atoms with van der Waals surface area (Å²) in [7, 11) is 0. The third-order valence-electron chi connectivity index (χ3n) is 1.38. The molecule has 0 atom stereocenters. The molecule has 0 N–H and O–H groups in total. The van der Waals surface area contributed by atoms with Crippen molar-refractivity contribution in [2.24, 2.45) is 5.41 Å². The number of hydrogen-bond acceptors (Lipinski definition) is 1. The second-order valence-corrected chi connectivity index (χ2v) is 4.74. The summed E-state index contributed by atoms with van der Waals surface area (Å²) in [5.74, 6) is 0. The number of aryl methyl sites for hydroxylation is 1. The van der Waals surface area contributed by atoms with Crippen LogP contribution in [0.4, 0.5) is 0 Å². The molecule has 0 saturated carbocycles. The van der Waals surface area contributed by atoms with Gasteiger partial charge in [-0.2, -0.15) is 0 Å². The SMILES string of the molecule is [2H]C([2H])([2H])c1cnc(Br)cc1C([2H])([2H])C(C)(C)C. The fourth-order valence-electron chi connectivity index (χ4n) is 0.937. The minimum Gasteiger partial charge on any atom is -0.249 e. The minimum atomic E-state index is -2.37. The molecule has 13 heavy (non-hydrogen) atoms. The lowest BCUT2D eigenvalue weighted by Gasteiger charge is -2.19. The fraction of sp³-hybridized carbons (Fsp3) is 0.545. The monoisotopic (exact) mass is 246 g/mol. The van der Waals surface area contributed by atoms with Crippen molar-refractivity contribution in [2.45, 2.75) is 34.0 Å². The molecule has 0 saturated heterocycles. The molecule has 72 valence electrons. The summed E-state index contributed by atoms with van der Waals surface area (Å²) in [6, 6.07) is 1.45. The van der Waals surface area contributed by atoms with Gasteiger partial charge < -0.3 is 0 Å². The molecule has 2 heteroatoms. The van der Waals surface area contributed by atoms with Gasteiger partial charge in [-0.1, -0.05) is 20.8 Å². The quantitative estimate of drug-likeness (QED) is 0.689. The smallest absolute Gasteiger partial charge is 0.106 e. The highest BCUT2D eigenvalue weighted by Crippen LogP contribution is 2.23. The molecule has 1 rings (SSSR count). The first-order chi connectivity index (χ1) is 7.87. The van der Waals surface area contributed by atoms with Gasteiger partial charge >= 0.3 is 0 Å². The Morgan fingerprint density at radius 1 is 1.62 bits per heavy atom. The molecule has 0 unspecified atom stereocenters. The average molecular weight is 247 g/mol. The van der Waals surface area contributed by atoms with Gasteiger partial charge in [0.25, 0.3) is 0 Å². The van der Waals surface area contributed by atoms with Gasteiger partial charge in [-0.25, -0.2) is 4.98 Å². The van der Waals surface area contributed by atoms with Crippen LogP contribution in [-0.4, -0.2) is 4.98 Å². The predicted molar refractivity (Wildman–Crippen MR) is 59.8 cm³/mol. The van der Waals surface area contributed by atoms with Gasteiger partial charge in [-0.3, -0.25) is 0 Å². The van der Waals surface area contributed by atoms with E-state index in [2.05, 4.69) is 20.9 Å². The van der Waals surface area contributed by atoms with E-state index in [1.54, 1.807) is 20.8 Å². The fourth-order valence-corrected chi connectivity index (χ4v) is 1.27. The molecule has 1 heterocycles. The van der Waals surface area contributed by atoms with E-state index in [9.17, 15) is 0 Å². The van der Waals surface area contributed by atoms with Crippen molar-refractivity contribution in [3.63, 3.8) is 0 Å². The summed E-state index contributed by atoms with van der Waals surface area (Å²) in [4.78, 5) is 3.89. The number of nitrogens with zero attached hydrogens (tertiary/aromatic N) is 1. The normalized spacial score (nSPS) is 19.5. The maximum absolute atomic E-state index is 8.20. The van der Waals surface area contributed by atoms with Gasteiger partial charge in [-0.15, -0.1) is 0 Å². The van der Waals surface area contributed by atoms with E-state index in [4.69, 9.17) is 6.85 Å². The number of aromatic nitrogens is 1. The third-order valence-corrected chi connectivity index (χ3v) is 1.81. The van der Waals surface area contributed by atoms with Crippen LogP contribution in [0, 0.1) is 12.3 Å². The van der Waals surface area contributed by atoms with Crippen LogP contribution in [-0.2, 0) is 6.37 Å². The lowest BCUT2D eigenvalue weighted by molar-refractivity contribution is 0.410. The molecule has 0 aliphatic heterocycles. The van der Waals surface area contributed by atoms with Crippen molar-refractivity contribution in [2.75, 3.05) is 0 Å². The van der Waals surface area contributed by atoms with E-state index in [1.807, 2.05) is 0 Å². The van der Waals surface area contributed by atoms with E-state index in [0.717, 1.165) is 0 Å². The van der Waals surface area contributed by atoms with Crippen LogP contribution in [0.2, 0.25) is 0 Å². The van der Waals surface area contributed by atoms with Gasteiger partial charge in [-0.05, 0) is 51.8 Å². The summed E-state index contributed by atoms with van der Waals surface area (Å²) in [5, 5.41) is 0. The highest BCUT2D eigenvalue weighted by atomic mass is 79.9. The number of pyridine rings is 1. The van der Waals surface area contributed by atoms with Crippen LogP contribution < -0.4 is 0 Å². The molecule has 1 nitrogen and oxygen atoms in total. The summed E-state index contributed by atoms with van der Waals surface area (Å²) >= 11 is 3.16. The van der Waals surface area contributed by atoms with Gasteiger partial charge in [0.1, 0.15) is 4.60 Å². The summed E-state index contributed by atoms with van der Waals surface area (Å²) in [6.07, 6.45) is -0.543. The first kappa shape index (κ1) is 5.50. The molecule has 1 aromatic rings. The summed E-state index contributed by atoms with van der Waals surface area (Å²) in [5.41, 5.74) is -0.587. The highest BCUT2D eigenvalue weighted by Gasteiger charge is 2.13. The number of hydrogen-bond donors (Lipinski definition) is 0. The Labute approximate surface area is 95.7 Å². The van der Waals surface area contributed by atoms with Gasteiger partial charge in [0.05, 0.1) is 0 Å². The zero-order valence-corrected chi connectivity index (χ0v) is 9.57. The van der Waals surface area contributed by atoms with E-state index >= 15 is 0 Å². The molecule has 0 aliphatic rings. The van der Waals surface area contributed by atoms with Crippen LogP contribution in [0.3, 0.4) is 0 Å². The Bertz CT molecular complexity index is 448. The zero-order chi connectivity index (χ0) is 14.4. The number of rotatable bonds is 1. The third kappa shape index (κ3) is 3.47. The lowest BCUT2D eigenvalue weighted by atomic mass is 9.87. The lowest BCUT2D eigenvalue weighted by Crippen LogP contribution is -2.10. The Hall–Kier alpha value is -0.370. The maximum atomic E-state index is 8.20. The maximum Gasteiger partial charge on any atom is 0.106 e. The van der Waals surface area contributed by atoms with Gasteiger partial charge in [0, 0.05) is 13.1 Å². The highest BCUT2D eigenvalue weighted by molar-refractivity contribution is 9.10. The topological polar surface area (TPSA) is 12.9 Å². The molecular weight excluding hydrogens is 226 g/mol. The van der Waals surface area contributed by atoms with Crippen LogP contribution in [0.1, 0.15) is 38.8 Å². The average Bonchev–Trinajstić information content (AvgIpc) is 2.13. The largest absolute Gasteiger partial charge is 0.249 e. The van der Waals surface area contributed by atoms with Crippen LogP contribution in [0.5, 0.6) is 0 Å². The van der Waals surface area contributed by atoms with Crippen LogP contribution in [0.25, 0.3) is 0 Å². The Balaban J connectivity index is 3.53. The molecular formula is C11H16BrN. The van der Waals surface area contributed by atoms with Crippen LogP contribution >= 0.6 is 15.9 Å². The van der Waals surface area contributed by atoms with E-state index in [0.29, 0.717) is 4.60 Å². The van der Waals surface area contributed by atoms with E-state index in [1.165, 1.54) is 12.3 Å². The molecule has 0 spiro atoms. The summed E-state index contributed by atoms with van der Waals surface area (Å²) in [6.45, 7) is 2.85. The Morgan fingerprint density at radius 2 is 2.31 bits per heavy atom. The molecule has 1 aromatic heterocycles. The Kier molecular flexibility index (Phi) is 1.60. The standard InChI is InChI=1S/C11H16BrN/c1-8-7-13-10(12)5-9(8)6-11(2,3)4/h5,7H,6H2,1-4H3/i1D3,6D2. The van der Waals surface area contributed by atoms with Crippen molar-refractivity contribution in [1.82, 2.24) is 4.98 Å². The van der Waals surface area contributed by atoms with Gasteiger partial charge in [0.2, 0.25) is 0 Å². The van der Waals surface area contributed by atoms with Gasteiger partial charge in [0.15, 0.2) is 0 Å². The van der Waals surface area contributed by atoms with Crippen molar-refractivity contribution < 1.29 is 6.85 Å². The van der Waals surface area contributed by atoms with E-state index in [-0.39, 0.29) is 11.1 Å². The number of halogens is 1. The predicted octanol–water partition coefficient (Wildman–Crippen LogP) is 3.74. The van der Waals surface area contributed by atoms with Crippen molar-refractivity contribution in [3.05, 3.63) is 28.0 Å².